The van der Waals surface area contributed by atoms with Gasteiger partial charge < -0.3 is 5.11 Å². The Morgan fingerprint density at radius 2 is 1.77 bits per heavy atom. The molecular weight excluding hydrogens is 228 g/mol. The summed E-state index contributed by atoms with van der Waals surface area (Å²) in [6.07, 6.45) is 0. The van der Waals surface area contributed by atoms with Gasteiger partial charge in [-0.15, -0.1) is 0 Å². The van der Waals surface area contributed by atoms with Gasteiger partial charge >= 0.3 is 0 Å². The monoisotopic (exact) mass is 244 g/mol. The second kappa shape index (κ2) is 6.17. The predicted molar refractivity (Wildman–Crippen MR) is 60.9 cm³/mol. The first-order chi connectivity index (χ1) is 6.15. The lowest BCUT2D eigenvalue weighted by atomic mass is 10.0. The van der Waals surface area contributed by atoms with Crippen LogP contribution in [0.5, 0.6) is 0 Å². The molecule has 2 heteroatoms. The lowest BCUT2D eigenvalue weighted by Gasteiger charge is -2.06. The molecule has 0 bridgehead atoms. The van der Waals surface area contributed by atoms with E-state index in [9.17, 15) is 0 Å². The number of aliphatic hydroxyl groups excluding tert-OH is 1. The third-order valence-corrected chi connectivity index (χ3v) is 2.37. The lowest BCUT2D eigenvalue weighted by Crippen LogP contribution is -1.91. The molecule has 0 saturated heterocycles. The number of aryl methyl sites for hydroxylation is 1. The molecule has 0 saturated carbocycles. The Bertz CT molecular complexity index is 269. The minimum Gasteiger partial charge on any atom is -0.392 e. The summed E-state index contributed by atoms with van der Waals surface area (Å²) in [5.41, 5.74) is 3.39. The molecule has 74 valence electrons. The maximum Gasteiger partial charge on any atom is 0.0684 e. The average molecular weight is 245 g/mol. The van der Waals surface area contributed by atoms with Crippen molar-refractivity contribution in [2.45, 2.75) is 34.3 Å². The molecule has 0 unspecified atom stereocenters. The number of hydrogen-bond donors (Lipinski definition) is 1. The van der Waals surface area contributed by atoms with Crippen LogP contribution in [0.4, 0.5) is 0 Å². The fourth-order valence-electron chi connectivity index (χ4n) is 1.05. The normalized spacial score (nSPS) is 9.08. The van der Waals surface area contributed by atoms with E-state index in [4.69, 9.17) is 5.11 Å². The highest BCUT2D eigenvalue weighted by atomic mass is 79.9. The Morgan fingerprint density at radius 3 is 2.23 bits per heavy atom. The van der Waals surface area contributed by atoms with Gasteiger partial charge in [0, 0.05) is 4.47 Å². The summed E-state index contributed by atoms with van der Waals surface area (Å²) < 4.78 is 1.03. The Balaban J connectivity index is 0.000000671. The Labute approximate surface area is 88.9 Å². The molecular formula is C11H17BrO. The molecule has 0 aliphatic carbocycles. The molecule has 1 N–H and O–H groups in total. The van der Waals surface area contributed by atoms with Crippen molar-refractivity contribution in [1.29, 1.82) is 0 Å². The van der Waals surface area contributed by atoms with Crippen LogP contribution in [0.1, 0.15) is 30.5 Å². The molecule has 0 aliphatic rings. The molecule has 0 fully saturated rings. The summed E-state index contributed by atoms with van der Waals surface area (Å²) in [5.74, 6) is 0. The number of aliphatic hydroxyl groups is 1. The van der Waals surface area contributed by atoms with Gasteiger partial charge in [0.05, 0.1) is 6.61 Å². The van der Waals surface area contributed by atoms with E-state index in [1.807, 2.05) is 33.8 Å². The summed E-state index contributed by atoms with van der Waals surface area (Å²) in [6, 6.07) is 4.00. The Morgan fingerprint density at radius 1 is 1.23 bits per heavy atom. The van der Waals surface area contributed by atoms with E-state index >= 15 is 0 Å². The zero-order valence-corrected chi connectivity index (χ0v) is 10.3. The first-order valence-corrected chi connectivity index (χ1v) is 5.31. The average Bonchev–Trinajstić information content (AvgIpc) is 2.14. The van der Waals surface area contributed by atoms with Crippen molar-refractivity contribution in [3.05, 3.63) is 33.3 Å². The number of halogens is 1. The summed E-state index contributed by atoms with van der Waals surface area (Å²) in [5, 5.41) is 8.95. The van der Waals surface area contributed by atoms with Gasteiger partial charge in [0.2, 0.25) is 0 Å². The molecule has 0 aliphatic heterocycles. The molecule has 0 aromatic heterocycles. The van der Waals surface area contributed by atoms with Gasteiger partial charge in [-0.3, -0.25) is 0 Å². The fraction of sp³-hybridized carbons (Fsp3) is 0.455. The van der Waals surface area contributed by atoms with Gasteiger partial charge in [-0.2, -0.15) is 0 Å². The van der Waals surface area contributed by atoms with E-state index in [2.05, 4.69) is 22.0 Å². The molecule has 0 radical (unpaired) electrons. The summed E-state index contributed by atoms with van der Waals surface area (Å²) in [4.78, 5) is 0. The minimum absolute atomic E-state index is 0.117. The van der Waals surface area contributed by atoms with Crippen LogP contribution >= 0.6 is 15.9 Å². The smallest absolute Gasteiger partial charge is 0.0684 e. The maximum atomic E-state index is 8.95. The maximum absolute atomic E-state index is 8.95. The highest BCUT2D eigenvalue weighted by Crippen LogP contribution is 2.19. The van der Waals surface area contributed by atoms with Crippen molar-refractivity contribution in [2.75, 3.05) is 0 Å². The number of rotatable bonds is 1. The van der Waals surface area contributed by atoms with Crippen LogP contribution in [0, 0.1) is 13.8 Å². The van der Waals surface area contributed by atoms with Crippen LogP contribution < -0.4 is 0 Å². The van der Waals surface area contributed by atoms with Gasteiger partial charge in [0.25, 0.3) is 0 Å². The van der Waals surface area contributed by atoms with Crippen molar-refractivity contribution >= 4 is 15.9 Å². The third kappa shape index (κ3) is 3.49. The second-order valence-corrected chi connectivity index (χ2v) is 3.58. The van der Waals surface area contributed by atoms with E-state index < -0.39 is 0 Å². The zero-order chi connectivity index (χ0) is 10.4. The Kier molecular flexibility index (Phi) is 6.00. The fourth-order valence-corrected chi connectivity index (χ4v) is 1.67. The lowest BCUT2D eigenvalue weighted by molar-refractivity contribution is 0.281. The summed E-state index contributed by atoms with van der Waals surface area (Å²) in [6.45, 7) is 8.18. The van der Waals surface area contributed by atoms with Gasteiger partial charge in [-0.25, -0.2) is 0 Å². The molecule has 0 spiro atoms. The van der Waals surface area contributed by atoms with Gasteiger partial charge in [0.15, 0.2) is 0 Å². The van der Waals surface area contributed by atoms with Crippen LogP contribution in [0.25, 0.3) is 0 Å². The van der Waals surface area contributed by atoms with Crippen LogP contribution in [-0.2, 0) is 6.61 Å². The molecule has 0 atom stereocenters. The zero-order valence-electron chi connectivity index (χ0n) is 8.69. The standard InChI is InChI=1S/C9H11BrO.C2H6/c1-6-3-9(10)4-8(5-11)7(6)2;1-2/h3-4,11H,5H2,1-2H3;1-2H3. The molecule has 0 heterocycles. The van der Waals surface area contributed by atoms with E-state index in [1.165, 1.54) is 11.1 Å². The molecule has 1 nitrogen and oxygen atoms in total. The topological polar surface area (TPSA) is 20.2 Å². The van der Waals surface area contributed by atoms with E-state index in [0.717, 1.165) is 10.0 Å². The molecule has 1 aromatic rings. The Hall–Kier alpha value is -0.340. The summed E-state index contributed by atoms with van der Waals surface area (Å²) in [7, 11) is 0. The van der Waals surface area contributed by atoms with Crippen LogP contribution in [0.15, 0.2) is 16.6 Å². The number of hydrogen-bond acceptors (Lipinski definition) is 1. The van der Waals surface area contributed by atoms with Crippen LogP contribution in [0.3, 0.4) is 0 Å². The van der Waals surface area contributed by atoms with Crippen molar-refractivity contribution < 1.29 is 5.11 Å². The van der Waals surface area contributed by atoms with Gasteiger partial charge in [-0.05, 0) is 42.7 Å². The van der Waals surface area contributed by atoms with E-state index in [1.54, 1.807) is 0 Å². The van der Waals surface area contributed by atoms with Crippen molar-refractivity contribution in [3.63, 3.8) is 0 Å². The van der Waals surface area contributed by atoms with E-state index in [0.29, 0.717) is 0 Å². The largest absolute Gasteiger partial charge is 0.392 e. The first kappa shape index (κ1) is 12.7. The highest BCUT2D eigenvalue weighted by molar-refractivity contribution is 9.10. The highest BCUT2D eigenvalue weighted by Gasteiger charge is 2.00. The molecule has 1 aromatic carbocycles. The SMILES string of the molecule is CC.Cc1cc(Br)cc(CO)c1C. The predicted octanol–water partition coefficient (Wildman–Crippen LogP) is 3.58. The molecule has 0 amide bonds. The summed E-state index contributed by atoms with van der Waals surface area (Å²) >= 11 is 3.38. The quantitative estimate of drug-likeness (QED) is 0.801. The van der Waals surface area contributed by atoms with Crippen LogP contribution in [0.2, 0.25) is 0 Å². The second-order valence-electron chi connectivity index (χ2n) is 2.66. The minimum atomic E-state index is 0.117. The third-order valence-electron chi connectivity index (χ3n) is 1.91. The van der Waals surface area contributed by atoms with Crippen molar-refractivity contribution in [2.24, 2.45) is 0 Å². The number of benzene rings is 1. The van der Waals surface area contributed by atoms with Crippen LogP contribution in [-0.4, -0.2) is 5.11 Å². The van der Waals surface area contributed by atoms with E-state index in [-0.39, 0.29) is 6.61 Å². The van der Waals surface area contributed by atoms with Gasteiger partial charge in [0.1, 0.15) is 0 Å². The van der Waals surface area contributed by atoms with Crippen molar-refractivity contribution in [1.82, 2.24) is 0 Å². The van der Waals surface area contributed by atoms with Crippen molar-refractivity contribution in [3.8, 4) is 0 Å². The molecule has 13 heavy (non-hydrogen) atoms. The first-order valence-electron chi connectivity index (χ1n) is 4.51. The van der Waals surface area contributed by atoms with Gasteiger partial charge in [-0.1, -0.05) is 29.8 Å². The molecule has 1 rings (SSSR count).